The van der Waals surface area contributed by atoms with E-state index in [2.05, 4.69) is 19.8 Å². The van der Waals surface area contributed by atoms with Crippen molar-refractivity contribution in [3.05, 3.63) is 17.1 Å². The highest BCUT2D eigenvalue weighted by Gasteiger charge is 2.45. The number of hydrogen-bond donors (Lipinski definition) is 1. The molecule has 1 N–H and O–H groups in total. The molecule has 2 atom stereocenters. The van der Waals surface area contributed by atoms with Crippen molar-refractivity contribution in [3.8, 4) is 11.0 Å². The number of benzene rings is 1. The smallest absolute Gasteiger partial charge is 0.410 e. The zero-order chi connectivity index (χ0) is 33.5. The summed E-state index contributed by atoms with van der Waals surface area (Å²) in [5.74, 6) is 0.183. The summed E-state index contributed by atoms with van der Waals surface area (Å²) in [7, 11) is -3.97. The average molecular weight is 696 g/mol. The number of alkyl halides is 2. The summed E-state index contributed by atoms with van der Waals surface area (Å²) in [6, 6.07) is 2.78. The summed E-state index contributed by atoms with van der Waals surface area (Å²) in [6.07, 6.45) is -0.550. The number of anilines is 1. The molecule has 0 unspecified atom stereocenters. The van der Waals surface area contributed by atoms with Crippen LogP contribution in [-0.4, -0.2) is 95.5 Å². The summed E-state index contributed by atoms with van der Waals surface area (Å²) in [6.45, 7) is 12.1. The molecule has 1 saturated carbocycles. The number of likely N-dealkylation sites (tertiary alicyclic amines) is 1. The van der Waals surface area contributed by atoms with Crippen LogP contribution in [0.1, 0.15) is 71.7 Å². The largest absolute Gasteiger partial charge is 0.469 e. The van der Waals surface area contributed by atoms with Crippen LogP contribution in [0.4, 0.5) is 19.3 Å². The minimum Gasteiger partial charge on any atom is -0.469 e. The molecule has 256 valence electrons. The number of carbonyl (C=O) groups is 1. The number of rotatable bonds is 8. The molecule has 0 bridgehead atoms. The van der Waals surface area contributed by atoms with Gasteiger partial charge in [-0.15, -0.1) is 15.3 Å². The van der Waals surface area contributed by atoms with Crippen molar-refractivity contribution in [1.29, 1.82) is 0 Å². The van der Waals surface area contributed by atoms with E-state index in [-0.39, 0.29) is 33.9 Å². The minimum atomic E-state index is -3.97. The Labute approximate surface area is 275 Å². The van der Waals surface area contributed by atoms with E-state index in [1.165, 1.54) is 10.7 Å². The highest BCUT2D eigenvalue weighted by Crippen LogP contribution is 2.45. The minimum absolute atomic E-state index is 0.0276. The Hall–Kier alpha value is -3.15. The Kier molecular flexibility index (Phi) is 7.72. The van der Waals surface area contributed by atoms with Gasteiger partial charge >= 0.3 is 6.09 Å². The second-order valence-corrected chi connectivity index (χ2v) is 17.1. The highest BCUT2D eigenvalue weighted by molar-refractivity contribution is 7.89. The molecule has 1 spiro atoms. The fraction of sp³-hybridized carbons (Fsp3) is 0.667. The molecule has 2 aromatic heterocycles. The first-order valence-corrected chi connectivity index (χ1v) is 18.1. The van der Waals surface area contributed by atoms with Gasteiger partial charge in [0.25, 0.3) is 6.43 Å². The molecule has 1 amide bonds. The summed E-state index contributed by atoms with van der Waals surface area (Å²) < 4.78 is 76.4. The van der Waals surface area contributed by atoms with Gasteiger partial charge in [-0.25, -0.2) is 31.4 Å². The van der Waals surface area contributed by atoms with E-state index in [4.69, 9.17) is 19.3 Å². The lowest BCUT2D eigenvalue weighted by Gasteiger charge is -2.48. The lowest BCUT2D eigenvalue weighted by molar-refractivity contribution is -0.124. The van der Waals surface area contributed by atoms with Crippen LogP contribution in [0.15, 0.2) is 17.0 Å². The van der Waals surface area contributed by atoms with Crippen LogP contribution in [0, 0.1) is 5.41 Å². The number of amides is 1. The maximum atomic E-state index is 13.8. The van der Waals surface area contributed by atoms with E-state index in [9.17, 15) is 22.0 Å². The average Bonchev–Trinajstić information content (AvgIpc) is 3.35. The van der Waals surface area contributed by atoms with Gasteiger partial charge in [0.2, 0.25) is 21.0 Å². The fourth-order valence-corrected chi connectivity index (χ4v) is 8.36. The van der Waals surface area contributed by atoms with Gasteiger partial charge < -0.3 is 19.1 Å². The van der Waals surface area contributed by atoms with E-state index in [0.29, 0.717) is 54.2 Å². The van der Waals surface area contributed by atoms with Crippen molar-refractivity contribution in [2.24, 2.45) is 5.41 Å². The van der Waals surface area contributed by atoms with E-state index >= 15 is 0 Å². The summed E-state index contributed by atoms with van der Waals surface area (Å²) in [4.78, 5) is 16.5. The number of piperidine rings is 1. The van der Waals surface area contributed by atoms with Crippen LogP contribution in [0.3, 0.4) is 0 Å². The Morgan fingerprint density at radius 2 is 1.85 bits per heavy atom. The molecule has 13 nitrogen and oxygen atoms in total. The predicted octanol–water partition coefficient (Wildman–Crippen LogP) is 4.65. The molecule has 4 fully saturated rings. The number of sulfonamides is 1. The molecule has 47 heavy (non-hydrogen) atoms. The van der Waals surface area contributed by atoms with E-state index in [1.807, 2.05) is 13.8 Å². The van der Waals surface area contributed by atoms with Crippen LogP contribution in [0.25, 0.3) is 16.0 Å². The number of nitrogens with one attached hydrogen (secondary N) is 1. The fourth-order valence-electron chi connectivity index (χ4n) is 6.19. The maximum Gasteiger partial charge on any atom is 0.410 e. The lowest BCUT2D eigenvalue weighted by atomic mass is 9.76. The molecule has 0 radical (unpaired) electrons. The first-order valence-electron chi connectivity index (χ1n) is 15.8. The molecule has 4 aliphatic rings. The van der Waals surface area contributed by atoms with Crippen molar-refractivity contribution < 1.29 is 36.2 Å². The third-order valence-electron chi connectivity index (χ3n) is 9.47. The van der Waals surface area contributed by atoms with E-state index in [0.717, 1.165) is 25.7 Å². The third-order valence-corrected chi connectivity index (χ3v) is 12.0. The van der Waals surface area contributed by atoms with Gasteiger partial charge in [-0.1, -0.05) is 11.3 Å². The topological polar surface area (TPSA) is 141 Å². The first kappa shape index (κ1) is 32.4. The Morgan fingerprint density at radius 1 is 1.15 bits per heavy atom. The van der Waals surface area contributed by atoms with Crippen molar-refractivity contribution in [2.75, 3.05) is 37.7 Å². The zero-order valence-corrected chi connectivity index (χ0v) is 28.6. The SMILES string of the molecule is C[C@@H]1[C@@H](Oc2nn(-c3nnc(C(F)F)s3)c3cc(S(=O)(=O)NC4(C)CC4)cc(N4CCC5(CC4)COC5)c23)CN1C(=O)OC(C)(C)C. The van der Waals surface area contributed by atoms with Crippen molar-refractivity contribution in [2.45, 2.75) is 94.9 Å². The summed E-state index contributed by atoms with van der Waals surface area (Å²) >= 11 is 0.667. The molecule has 1 aliphatic carbocycles. The summed E-state index contributed by atoms with van der Waals surface area (Å²) in [5, 5.41) is 12.4. The molecule has 3 saturated heterocycles. The second-order valence-electron chi connectivity index (χ2n) is 14.5. The maximum absolute atomic E-state index is 13.8. The van der Waals surface area contributed by atoms with Gasteiger partial charge in [-0.05, 0) is 72.4 Å². The van der Waals surface area contributed by atoms with Gasteiger partial charge in [-0.2, -0.15) is 0 Å². The molecule has 7 rings (SSSR count). The number of halogens is 2. The third kappa shape index (κ3) is 6.15. The number of hydrogen-bond acceptors (Lipinski definition) is 11. The van der Waals surface area contributed by atoms with Crippen molar-refractivity contribution in [1.82, 2.24) is 29.6 Å². The van der Waals surface area contributed by atoms with Crippen molar-refractivity contribution >= 4 is 44.0 Å². The van der Waals surface area contributed by atoms with Crippen LogP contribution in [0.2, 0.25) is 0 Å². The Morgan fingerprint density at radius 3 is 2.40 bits per heavy atom. The van der Waals surface area contributed by atoms with Gasteiger partial charge in [0.15, 0.2) is 5.01 Å². The van der Waals surface area contributed by atoms with Crippen molar-refractivity contribution in [3.63, 3.8) is 0 Å². The molecule has 5 heterocycles. The van der Waals surface area contributed by atoms with Crippen LogP contribution < -0.4 is 14.4 Å². The zero-order valence-electron chi connectivity index (χ0n) is 27.0. The number of nitrogens with zero attached hydrogens (tertiary/aromatic N) is 6. The highest BCUT2D eigenvalue weighted by atomic mass is 32.2. The van der Waals surface area contributed by atoms with Crippen LogP contribution in [0.5, 0.6) is 5.88 Å². The van der Waals surface area contributed by atoms with E-state index < -0.39 is 44.8 Å². The van der Waals surface area contributed by atoms with Gasteiger partial charge in [0, 0.05) is 24.0 Å². The van der Waals surface area contributed by atoms with Crippen LogP contribution in [-0.2, 0) is 19.5 Å². The molecular weight excluding hydrogens is 657 g/mol. The monoisotopic (exact) mass is 695 g/mol. The molecule has 1 aromatic carbocycles. The van der Waals surface area contributed by atoms with Gasteiger partial charge in [-0.3, -0.25) is 4.90 Å². The number of carbonyl (C=O) groups excluding carboxylic acids is 1. The normalized spacial score (nSPS) is 23.6. The molecule has 3 aliphatic heterocycles. The molecule has 17 heteroatoms. The number of aromatic nitrogens is 4. The number of fused-ring (bicyclic) bond motifs is 1. The first-order chi connectivity index (χ1) is 22.1. The quantitative estimate of drug-likeness (QED) is 0.354. The number of ether oxygens (including phenoxy) is 3. The lowest BCUT2D eigenvalue weighted by Crippen LogP contribution is -2.63. The van der Waals surface area contributed by atoms with Gasteiger partial charge in [0.05, 0.1) is 47.3 Å². The van der Waals surface area contributed by atoms with Crippen LogP contribution >= 0.6 is 11.3 Å². The van der Waals surface area contributed by atoms with Gasteiger partial charge in [0.1, 0.15) is 11.7 Å². The Balaban J connectivity index is 1.32. The molecular formula is C30H39F2N7O6S2. The second kappa shape index (κ2) is 11.2. The standard InChI is InChI=1S/C30H39F2N7O6S2/c1-17-21(14-38(17)27(40)45-28(2,3)4)44-24-22-19(37-10-8-30(9-11-37)15-43-16-30)12-18(47(41,42)36-29(5)6-7-29)13-20(22)39(35-24)26-34-33-25(46-26)23(31)32/h12-13,17,21,23,36H,6-11,14-16H2,1-5H3/t17-,21+/m1/s1. The molecule has 3 aromatic rings. The van der Waals surface area contributed by atoms with E-state index in [1.54, 1.807) is 31.7 Å². The summed E-state index contributed by atoms with van der Waals surface area (Å²) in [5.41, 5.74) is -0.117. The Bertz CT molecular complexity index is 1810. The predicted molar refractivity (Wildman–Crippen MR) is 169 cm³/mol.